The second kappa shape index (κ2) is 11.6. The topological polar surface area (TPSA) is 177 Å². The van der Waals surface area contributed by atoms with Gasteiger partial charge < -0.3 is 45.2 Å². The third kappa shape index (κ3) is 5.48. The van der Waals surface area contributed by atoms with Gasteiger partial charge in [0.2, 0.25) is 0 Å². The smallest absolute Gasteiger partial charge is 0.186 e. The van der Waals surface area contributed by atoms with Crippen molar-refractivity contribution in [3.8, 4) is 0 Å². The quantitative estimate of drug-likeness (QED) is 0.197. The summed E-state index contributed by atoms with van der Waals surface area (Å²) < 4.78 is 12.1. The average Bonchev–Trinajstić information content (AvgIpc) is 3.29. The van der Waals surface area contributed by atoms with E-state index in [0.29, 0.717) is 6.42 Å². The first-order chi connectivity index (χ1) is 20.4. The first kappa shape index (κ1) is 33.9. The third-order valence-corrected chi connectivity index (χ3v) is 12.3. The van der Waals surface area contributed by atoms with Crippen LogP contribution >= 0.6 is 0 Å². The molecule has 2 saturated carbocycles. The van der Waals surface area contributed by atoms with Crippen LogP contribution in [0, 0.1) is 34.5 Å². The minimum absolute atomic E-state index is 0.0118. The lowest BCUT2D eigenvalue weighted by Crippen LogP contribution is -2.60. The molecule has 0 bridgehead atoms. The van der Waals surface area contributed by atoms with Gasteiger partial charge in [-0.3, -0.25) is 4.79 Å². The lowest BCUT2D eigenvalue weighted by Gasteiger charge is -2.55. The van der Waals surface area contributed by atoms with Crippen LogP contribution in [0.5, 0.6) is 0 Å². The summed E-state index contributed by atoms with van der Waals surface area (Å²) in [7, 11) is 0. The van der Waals surface area contributed by atoms with E-state index >= 15 is 0 Å². The molecule has 3 fully saturated rings. The van der Waals surface area contributed by atoms with Gasteiger partial charge in [-0.15, -0.1) is 0 Å². The minimum atomic E-state index is -1.61. The first-order valence-electron chi connectivity index (χ1n) is 16.1. The summed E-state index contributed by atoms with van der Waals surface area (Å²) >= 11 is 0. The van der Waals surface area contributed by atoms with Crippen molar-refractivity contribution in [3.05, 3.63) is 35.5 Å². The van der Waals surface area contributed by atoms with E-state index in [-0.39, 0.29) is 41.3 Å². The van der Waals surface area contributed by atoms with Crippen LogP contribution in [0.4, 0.5) is 0 Å². The van der Waals surface area contributed by atoms with Crippen molar-refractivity contribution in [2.24, 2.45) is 34.5 Å². The van der Waals surface area contributed by atoms with Crippen molar-refractivity contribution in [1.82, 2.24) is 0 Å². The number of aliphatic hydroxyl groups is 7. The predicted octanol–water partition coefficient (Wildman–Crippen LogP) is 1.53. The summed E-state index contributed by atoms with van der Waals surface area (Å²) in [5.74, 6) is -0.114. The molecule has 10 nitrogen and oxygen atoms in total. The summed E-state index contributed by atoms with van der Waals surface area (Å²) in [6, 6.07) is 0. The monoisotopic (exact) mass is 620 g/mol. The van der Waals surface area contributed by atoms with Crippen LogP contribution in [-0.2, 0) is 14.3 Å². The lowest BCUT2D eigenvalue weighted by atomic mass is 9.50. The summed E-state index contributed by atoms with van der Waals surface area (Å²) in [5, 5.41) is 75.0. The number of hydrogen-bond acceptors (Lipinski definition) is 10. The number of rotatable bonds is 8. The van der Waals surface area contributed by atoms with Crippen LogP contribution in [0.1, 0.15) is 73.6 Å². The van der Waals surface area contributed by atoms with Gasteiger partial charge in [0, 0.05) is 17.8 Å². The standard InChI is InChI=1S/C34H52O10/c1-17(24(15-34(6,42)31(2,3)41)43-30-29(40)28(39)27(38)25(16-35)44-30)20-7-8-21-26-22(10-12-33(20,21)5)32(4)11-9-19(36)13-18(32)14-23(26)37/h9-11,13,17,20-21,23-30,35,37-42H,7-8,12,14-16H2,1-6H3. The van der Waals surface area contributed by atoms with E-state index in [1.807, 2.05) is 13.0 Å². The van der Waals surface area contributed by atoms with Gasteiger partial charge in [0.25, 0.3) is 0 Å². The molecule has 0 aromatic carbocycles. The Morgan fingerprint density at radius 2 is 1.75 bits per heavy atom. The Morgan fingerprint density at radius 1 is 1.07 bits per heavy atom. The van der Waals surface area contributed by atoms with Gasteiger partial charge in [-0.2, -0.15) is 0 Å². The zero-order chi connectivity index (χ0) is 32.6. The van der Waals surface area contributed by atoms with Gasteiger partial charge in [-0.25, -0.2) is 0 Å². The molecule has 5 aliphatic rings. The number of carbonyl (C=O) groups is 1. The Balaban J connectivity index is 1.46. The molecule has 0 aromatic rings. The molecule has 248 valence electrons. The fourth-order valence-electron chi connectivity index (χ4n) is 9.01. The highest BCUT2D eigenvalue weighted by molar-refractivity contribution is 6.01. The van der Waals surface area contributed by atoms with Crippen molar-refractivity contribution in [3.63, 3.8) is 0 Å². The van der Waals surface area contributed by atoms with E-state index in [4.69, 9.17) is 9.47 Å². The van der Waals surface area contributed by atoms with Crippen molar-refractivity contribution in [2.45, 2.75) is 128 Å². The van der Waals surface area contributed by atoms with Gasteiger partial charge in [-0.1, -0.05) is 31.6 Å². The number of carbonyl (C=O) groups excluding carboxylic acids is 1. The molecule has 14 unspecified atom stereocenters. The molecule has 5 rings (SSSR count). The number of ether oxygens (including phenoxy) is 2. The van der Waals surface area contributed by atoms with Crippen molar-refractivity contribution >= 4 is 5.78 Å². The molecule has 7 N–H and O–H groups in total. The Morgan fingerprint density at radius 3 is 2.39 bits per heavy atom. The van der Waals surface area contributed by atoms with Crippen molar-refractivity contribution in [1.29, 1.82) is 0 Å². The van der Waals surface area contributed by atoms with Crippen LogP contribution in [0.15, 0.2) is 35.5 Å². The molecule has 1 aliphatic heterocycles. The molecule has 14 atom stereocenters. The molecule has 1 heterocycles. The van der Waals surface area contributed by atoms with Gasteiger partial charge in [0.1, 0.15) is 24.4 Å². The van der Waals surface area contributed by atoms with Crippen molar-refractivity contribution in [2.75, 3.05) is 6.61 Å². The van der Waals surface area contributed by atoms with Crippen LogP contribution in [0.3, 0.4) is 0 Å². The Labute approximate surface area is 260 Å². The largest absolute Gasteiger partial charge is 0.394 e. The molecule has 0 spiro atoms. The fraction of sp³-hybridized carbons (Fsp3) is 0.794. The van der Waals surface area contributed by atoms with Gasteiger partial charge in [0.05, 0.1) is 30.0 Å². The molecule has 4 aliphatic carbocycles. The fourth-order valence-corrected chi connectivity index (χ4v) is 9.01. The van der Waals surface area contributed by atoms with E-state index in [2.05, 4.69) is 19.9 Å². The molecule has 1 saturated heterocycles. The molecular weight excluding hydrogens is 568 g/mol. The highest BCUT2D eigenvalue weighted by Crippen LogP contribution is 2.65. The molecule has 0 radical (unpaired) electrons. The second-order valence-electron chi connectivity index (χ2n) is 15.3. The number of hydrogen-bond donors (Lipinski definition) is 7. The maximum atomic E-state index is 12.2. The number of allylic oxidation sites excluding steroid dienone is 4. The molecule has 44 heavy (non-hydrogen) atoms. The Kier molecular flexibility index (Phi) is 8.97. The predicted molar refractivity (Wildman–Crippen MR) is 161 cm³/mol. The van der Waals surface area contributed by atoms with E-state index in [0.717, 1.165) is 24.8 Å². The molecular formula is C34H52O10. The highest BCUT2D eigenvalue weighted by Gasteiger charge is 2.60. The average molecular weight is 621 g/mol. The molecule has 0 amide bonds. The van der Waals surface area contributed by atoms with Crippen LogP contribution < -0.4 is 0 Å². The van der Waals surface area contributed by atoms with E-state index in [1.54, 1.807) is 12.2 Å². The maximum Gasteiger partial charge on any atom is 0.186 e. The Bertz CT molecular complexity index is 1200. The van der Waals surface area contributed by atoms with Crippen LogP contribution in [-0.4, -0.2) is 102 Å². The minimum Gasteiger partial charge on any atom is -0.394 e. The number of aliphatic hydroxyl groups excluding tert-OH is 5. The first-order valence-corrected chi connectivity index (χ1v) is 16.1. The summed E-state index contributed by atoms with van der Waals surface area (Å²) in [6.07, 6.45) is 1.80. The number of ketones is 1. The van der Waals surface area contributed by atoms with Gasteiger partial charge in [-0.05, 0) is 94.3 Å². The Hall–Kier alpha value is -1.47. The summed E-state index contributed by atoms with van der Waals surface area (Å²) in [4.78, 5) is 12.2. The van der Waals surface area contributed by atoms with Crippen molar-refractivity contribution < 1.29 is 50.0 Å². The van der Waals surface area contributed by atoms with E-state index in [1.165, 1.54) is 26.3 Å². The summed E-state index contributed by atoms with van der Waals surface area (Å²) in [6.45, 7) is 10.4. The normalized spacial score (nSPS) is 44.9. The summed E-state index contributed by atoms with van der Waals surface area (Å²) in [5.41, 5.74) is -1.61. The van der Waals surface area contributed by atoms with Crippen LogP contribution in [0.2, 0.25) is 0 Å². The highest BCUT2D eigenvalue weighted by atomic mass is 16.7. The van der Waals surface area contributed by atoms with E-state index in [9.17, 15) is 40.5 Å². The molecule has 10 heteroatoms. The number of fused-ring (bicyclic) bond motifs is 5. The van der Waals surface area contributed by atoms with Crippen LogP contribution in [0.25, 0.3) is 0 Å². The van der Waals surface area contributed by atoms with Gasteiger partial charge >= 0.3 is 0 Å². The zero-order valence-electron chi connectivity index (χ0n) is 26.8. The van der Waals surface area contributed by atoms with E-state index < -0.39 is 66.1 Å². The van der Waals surface area contributed by atoms with Gasteiger partial charge in [0.15, 0.2) is 12.1 Å². The third-order valence-electron chi connectivity index (χ3n) is 12.3. The maximum absolute atomic E-state index is 12.2. The second-order valence-corrected chi connectivity index (χ2v) is 15.3. The SMILES string of the molecule is CC(C(CC(C)(O)C(C)(C)O)OC1OC(CO)C(O)C(O)C1O)C1CCC2C3C(=CCC12C)C1(C)C=CC(=O)C=C1CC3O. The lowest BCUT2D eigenvalue weighted by molar-refractivity contribution is -0.320. The zero-order valence-corrected chi connectivity index (χ0v) is 26.8. The molecule has 0 aromatic heterocycles.